The molecule has 0 bridgehead atoms. The summed E-state index contributed by atoms with van der Waals surface area (Å²) in [4.78, 5) is 12.7. The molecule has 2 aliphatic rings. The first-order valence-electron chi connectivity index (χ1n) is 6.14. The Morgan fingerprint density at radius 3 is 2.56 bits per heavy atom. The van der Waals surface area contributed by atoms with Crippen molar-refractivity contribution in [1.82, 2.24) is 10.2 Å². The van der Waals surface area contributed by atoms with Crippen molar-refractivity contribution in [2.75, 3.05) is 13.2 Å². The summed E-state index contributed by atoms with van der Waals surface area (Å²) in [6, 6.07) is -1.35. The van der Waals surface area contributed by atoms with Crippen molar-refractivity contribution in [1.29, 1.82) is 0 Å². The van der Waals surface area contributed by atoms with Crippen LogP contribution in [-0.2, 0) is 4.79 Å². The Morgan fingerprint density at radius 1 is 1.33 bits per heavy atom. The lowest BCUT2D eigenvalue weighted by Crippen LogP contribution is -2.49. The van der Waals surface area contributed by atoms with Crippen LogP contribution in [0.15, 0.2) is 0 Å². The molecule has 2 rings (SSSR count). The molecule has 0 saturated carbocycles. The molecular formula is C11H20N2O5. The molecule has 0 aliphatic carbocycles. The second-order valence-electron chi connectivity index (χ2n) is 5.06. The van der Waals surface area contributed by atoms with E-state index in [-0.39, 0.29) is 25.1 Å². The SMILES string of the molecule is CC(=O)NC[C@@H]1[C@@H](O)[C@@H](O)[C@@H]2[C@H](O)C[C@H](CO)N21. The lowest BCUT2D eigenvalue weighted by molar-refractivity contribution is -0.119. The van der Waals surface area contributed by atoms with Gasteiger partial charge in [0.15, 0.2) is 0 Å². The van der Waals surface area contributed by atoms with Gasteiger partial charge in [0.2, 0.25) is 5.91 Å². The molecule has 18 heavy (non-hydrogen) atoms. The second kappa shape index (κ2) is 5.10. The minimum absolute atomic E-state index is 0.149. The number of nitrogens with zero attached hydrogens (tertiary/aromatic N) is 1. The number of nitrogens with one attached hydrogen (secondary N) is 1. The summed E-state index contributed by atoms with van der Waals surface area (Å²) in [6.45, 7) is 1.41. The number of carbonyl (C=O) groups is 1. The average molecular weight is 260 g/mol. The van der Waals surface area contributed by atoms with Crippen LogP contribution in [0.2, 0.25) is 0 Å². The smallest absolute Gasteiger partial charge is 0.216 e. The molecule has 7 nitrogen and oxygen atoms in total. The Hall–Kier alpha value is -0.730. The molecule has 0 spiro atoms. The quantitative estimate of drug-likeness (QED) is 0.370. The van der Waals surface area contributed by atoms with Gasteiger partial charge in [0.05, 0.1) is 37.0 Å². The van der Waals surface area contributed by atoms with Crippen LogP contribution in [0.1, 0.15) is 13.3 Å². The topological polar surface area (TPSA) is 113 Å². The van der Waals surface area contributed by atoms with E-state index in [0.717, 1.165) is 0 Å². The zero-order valence-corrected chi connectivity index (χ0v) is 10.2. The van der Waals surface area contributed by atoms with Crippen molar-refractivity contribution >= 4 is 5.91 Å². The van der Waals surface area contributed by atoms with Gasteiger partial charge in [-0.15, -0.1) is 0 Å². The summed E-state index contributed by atoms with van der Waals surface area (Å²) in [6.07, 6.45) is -2.50. The van der Waals surface area contributed by atoms with E-state index in [0.29, 0.717) is 6.42 Å². The fourth-order valence-corrected chi connectivity index (χ4v) is 3.13. The van der Waals surface area contributed by atoms with Crippen LogP contribution in [0, 0.1) is 0 Å². The van der Waals surface area contributed by atoms with Crippen molar-refractivity contribution in [3.05, 3.63) is 0 Å². The molecule has 0 aromatic heterocycles. The maximum absolute atomic E-state index is 10.9. The zero-order chi connectivity index (χ0) is 13.4. The molecule has 2 heterocycles. The van der Waals surface area contributed by atoms with Crippen LogP contribution in [0.3, 0.4) is 0 Å². The third-order valence-corrected chi connectivity index (χ3v) is 3.92. The fourth-order valence-electron chi connectivity index (χ4n) is 3.13. The number of amides is 1. The first-order chi connectivity index (χ1) is 8.47. The van der Waals surface area contributed by atoms with Gasteiger partial charge < -0.3 is 25.7 Å². The Balaban J connectivity index is 2.15. The fraction of sp³-hybridized carbons (Fsp3) is 0.909. The number of aliphatic hydroxyl groups is 4. The molecule has 0 aromatic carbocycles. The highest BCUT2D eigenvalue weighted by Crippen LogP contribution is 2.37. The summed E-state index contributed by atoms with van der Waals surface area (Å²) in [5, 5.41) is 41.7. The summed E-state index contributed by atoms with van der Waals surface area (Å²) < 4.78 is 0. The van der Waals surface area contributed by atoms with Crippen molar-refractivity contribution < 1.29 is 25.2 Å². The highest BCUT2D eigenvalue weighted by Gasteiger charge is 2.56. The minimum atomic E-state index is -1.06. The van der Waals surface area contributed by atoms with Crippen molar-refractivity contribution in [2.45, 2.75) is 49.8 Å². The predicted octanol–water partition coefficient (Wildman–Crippen LogP) is -2.98. The maximum Gasteiger partial charge on any atom is 0.216 e. The molecule has 2 fully saturated rings. The lowest BCUT2D eigenvalue weighted by atomic mass is 10.0. The molecule has 0 unspecified atom stereocenters. The Kier molecular flexibility index (Phi) is 3.88. The molecule has 0 aromatic rings. The number of hydrogen-bond acceptors (Lipinski definition) is 6. The van der Waals surface area contributed by atoms with Crippen LogP contribution < -0.4 is 5.32 Å². The zero-order valence-electron chi connectivity index (χ0n) is 10.2. The van der Waals surface area contributed by atoms with Gasteiger partial charge in [-0.05, 0) is 6.42 Å². The van der Waals surface area contributed by atoms with Crippen molar-refractivity contribution in [3.63, 3.8) is 0 Å². The Labute approximate surface area is 105 Å². The maximum atomic E-state index is 10.9. The largest absolute Gasteiger partial charge is 0.395 e. The molecule has 1 amide bonds. The molecule has 6 atom stereocenters. The number of hydrogen-bond donors (Lipinski definition) is 5. The van der Waals surface area contributed by atoms with Gasteiger partial charge in [0.1, 0.15) is 0 Å². The van der Waals surface area contributed by atoms with Gasteiger partial charge in [-0.2, -0.15) is 0 Å². The molecular weight excluding hydrogens is 240 g/mol. The van der Waals surface area contributed by atoms with Gasteiger partial charge >= 0.3 is 0 Å². The first kappa shape index (κ1) is 13.7. The van der Waals surface area contributed by atoms with E-state index < -0.39 is 30.4 Å². The molecule has 2 saturated heterocycles. The van der Waals surface area contributed by atoms with E-state index in [1.807, 2.05) is 0 Å². The van der Waals surface area contributed by atoms with E-state index in [2.05, 4.69) is 5.32 Å². The van der Waals surface area contributed by atoms with E-state index in [1.54, 1.807) is 4.90 Å². The minimum Gasteiger partial charge on any atom is -0.395 e. The average Bonchev–Trinajstić information content (AvgIpc) is 2.76. The predicted molar refractivity (Wildman–Crippen MR) is 61.6 cm³/mol. The van der Waals surface area contributed by atoms with Crippen LogP contribution in [0.4, 0.5) is 0 Å². The van der Waals surface area contributed by atoms with E-state index in [1.165, 1.54) is 6.92 Å². The van der Waals surface area contributed by atoms with Crippen LogP contribution in [0.25, 0.3) is 0 Å². The van der Waals surface area contributed by atoms with Crippen LogP contribution in [0.5, 0.6) is 0 Å². The Morgan fingerprint density at radius 2 is 2.00 bits per heavy atom. The van der Waals surface area contributed by atoms with E-state index in [4.69, 9.17) is 0 Å². The molecule has 104 valence electrons. The number of rotatable bonds is 3. The molecule has 2 aliphatic heterocycles. The lowest BCUT2D eigenvalue weighted by Gasteiger charge is -2.29. The van der Waals surface area contributed by atoms with Crippen molar-refractivity contribution in [2.24, 2.45) is 0 Å². The monoisotopic (exact) mass is 260 g/mol. The van der Waals surface area contributed by atoms with E-state index in [9.17, 15) is 25.2 Å². The van der Waals surface area contributed by atoms with Gasteiger partial charge in [-0.25, -0.2) is 0 Å². The van der Waals surface area contributed by atoms with Crippen LogP contribution >= 0.6 is 0 Å². The molecule has 7 heteroatoms. The number of aliphatic hydroxyl groups excluding tert-OH is 4. The van der Waals surface area contributed by atoms with Gasteiger partial charge in [0, 0.05) is 19.5 Å². The summed E-state index contributed by atoms with van der Waals surface area (Å²) in [5.74, 6) is -0.222. The van der Waals surface area contributed by atoms with Gasteiger partial charge in [-0.1, -0.05) is 0 Å². The summed E-state index contributed by atoms with van der Waals surface area (Å²) in [5.41, 5.74) is 0. The number of carbonyl (C=O) groups excluding carboxylic acids is 1. The molecule has 5 N–H and O–H groups in total. The highest BCUT2D eigenvalue weighted by atomic mass is 16.3. The highest BCUT2D eigenvalue weighted by molar-refractivity contribution is 5.72. The summed E-state index contributed by atoms with van der Waals surface area (Å²) in [7, 11) is 0. The normalized spacial score (nSPS) is 44.1. The van der Waals surface area contributed by atoms with Gasteiger partial charge in [-0.3, -0.25) is 9.69 Å². The number of fused-ring (bicyclic) bond motifs is 1. The van der Waals surface area contributed by atoms with Crippen LogP contribution in [-0.4, -0.2) is 80.8 Å². The first-order valence-corrected chi connectivity index (χ1v) is 6.14. The summed E-state index contributed by atoms with van der Waals surface area (Å²) >= 11 is 0. The van der Waals surface area contributed by atoms with Gasteiger partial charge in [0.25, 0.3) is 0 Å². The Bertz CT molecular complexity index is 327. The third kappa shape index (κ3) is 2.12. The van der Waals surface area contributed by atoms with E-state index >= 15 is 0 Å². The standard InChI is InChI=1S/C11H20N2O5/c1-5(15)12-3-7-10(17)11(18)9-8(16)2-6(4-14)13(7)9/h6-11,14,16-18H,2-4H2,1H3,(H,12,15)/t6-,7-,8-,9+,10-,11+/m1/s1. The third-order valence-electron chi connectivity index (χ3n) is 3.92. The molecule has 0 radical (unpaired) electrons. The second-order valence-corrected chi connectivity index (χ2v) is 5.06. The van der Waals surface area contributed by atoms with Crippen molar-refractivity contribution in [3.8, 4) is 0 Å².